The van der Waals surface area contributed by atoms with Crippen molar-refractivity contribution in [2.45, 2.75) is 44.3 Å². The molecular weight excluding hydrogens is 448 g/mol. The first-order valence-electron chi connectivity index (χ1n) is 10.2. The van der Waals surface area contributed by atoms with Crippen molar-refractivity contribution in [2.75, 3.05) is 13.7 Å². The molecule has 0 radical (unpaired) electrons. The number of hydrogen-bond acceptors (Lipinski definition) is 4. The second-order valence-electron chi connectivity index (χ2n) is 7.70. The molecule has 1 saturated carbocycles. The van der Waals surface area contributed by atoms with E-state index in [0.717, 1.165) is 35.7 Å². The van der Waals surface area contributed by atoms with Gasteiger partial charge in [0.25, 0.3) is 5.91 Å². The standard InChI is InChI=1S/C23H25BrN2O4/c1-29-19-11-10-16(24)12-15(19)13-26-21(27)14-30-20-9-5-4-8-18(20)22(26)23(28)25-17-6-2-3-7-17/h4-5,8-12,17,22H,2-3,6-7,13-14H2,1H3,(H,25,28). The SMILES string of the molecule is COc1ccc(Br)cc1CN1C(=O)COc2ccccc2C1C(=O)NC1CCCC1. The van der Waals surface area contributed by atoms with Gasteiger partial charge in [-0.1, -0.05) is 47.0 Å². The molecule has 2 amide bonds. The van der Waals surface area contributed by atoms with Crippen molar-refractivity contribution in [1.82, 2.24) is 10.2 Å². The summed E-state index contributed by atoms with van der Waals surface area (Å²) in [5, 5.41) is 3.16. The molecule has 1 N–H and O–H groups in total. The maximum atomic E-state index is 13.4. The summed E-state index contributed by atoms with van der Waals surface area (Å²) in [6, 6.07) is 12.4. The number of nitrogens with one attached hydrogen (secondary N) is 1. The highest BCUT2D eigenvalue weighted by Crippen LogP contribution is 2.35. The average molecular weight is 473 g/mol. The molecule has 1 fully saturated rings. The molecule has 1 aliphatic carbocycles. The van der Waals surface area contributed by atoms with Gasteiger partial charge in [-0.2, -0.15) is 0 Å². The number of carbonyl (C=O) groups is 2. The van der Waals surface area contributed by atoms with Crippen molar-refractivity contribution in [3.05, 3.63) is 58.1 Å². The second-order valence-corrected chi connectivity index (χ2v) is 8.61. The number of rotatable bonds is 5. The van der Waals surface area contributed by atoms with Crippen LogP contribution in [0.5, 0.6) is 11.5 Å². The van der Waals surface area contributed by atoms with Gasteiger partial charge in [-0.25, -0.2) is 0 Å². The van der Waals surface area contributed by atoms with Crippen LogP contribution in [0.4, 0.5) is 0 Å². The lowest BCUT2D eigenvalue weighted by Gasteiger charge is -2.30. The number of benzene rings is 2. The first-order chi connectivity index (χ1) is 14.6. The van der Waals surface area contributed by atoms with Crippen molar-refractivity contribution < 1.29 is 19.1 Å². The zero-order chi connectivity index (χ0) is 21.1. The highest BCUT2D eigenvalue weighted by Gasteiger charge is 2.37. The van der Waals surface area contributed by atoms with E-state index in [1.165, 1.54) is 0 Å². The molecule has 6 nitrogen and oxygen atoms in total. The molecule has 2 aliphatic rings. The van der Waals surface area contributed by atoms with Crippen molar-refractivity contribution in [2.24, 2.45) is 0 Å². The number of amides is 2. The van der Waals surface area contributed by atoms with Crippen LogP contribution >= 0.6 is 15.9 Å². The molecule has 1 aliphatic heterocycles. The van der Waals surface area contributed by atoms with E-state index in [2.05, 4.69) is 21.2 Å². The summed E-state index contributed by atoms with van der Waals surface area (Å²) in [5.74, 6) is 0.836. The van der Waals surface area contributed by atoms with Gasteiger partial charge in [-0.05, 0) is 37.1 Å². The Hall–Kier alpha value is -2.54. The number of hydrogen-bond donors (Lipinski definition) is 1. The molecule has 4 rings (SSSR count). The van der Waals surface area contributed by atoms with Gasteiger partial charge >= 0.3 is 0 Å². The highest BCUT2D eigenvalue weighted by molar-refractivity contribution is 9.10. The van der Waals surface area contributed by atoms with E-state index in [1.54, 1.807) is 12.0 Å². The number of methoxy groups -OCH3 is 1. The lowest BCUT2D eigenvalue weighted by atomic mass is 10.0. The predicted molar refractivity (Wildman–Crippen MR) is 116 cm³/mol. The number of carbonyl (C=O) groups excluding carboxylic acids is 2. The number of nitrogens with zero attached hydrogens (tertiary/aromatic N) is 1. The summed E-state index contributed by atoms with van der Waals surface area (Å²) >= 11 is 3.49. The van der Waals surface area contributed by atoms with Crippen LogP contribution in [-0.4, -0.2) is 36.5 Å². The van der Waals surface area contributed by atoms with Crippen molar-refractivity contribution >= 4 is 27.7 Å². The zero-order valence-electron chi connectivity index (χ0n) is 16.9. The largest absolute Gasteiger partial charge is 0.496 e. The van der Waals surface area contributed by atoms with Gasteiger partial charge in [0.15, 0.2) is 6.61 Å². The summed E-state index contributed by atoms with van der Waals surface area (Å²) < 4.78 is 12.1. The van der Waals surface area contributed by atoms with Crippen molar-refractivity contribution in [1.29, 1.82) is 0 Å². The Morgan fingerprint density at radius 1 is 1.23 bits per heavy atom. The highest BCUT2D eigenvalue weighted by atomic mass is 79.9. The molecule has 2 aromatic carbocycles. The molecule has 1 heterocycles. The topological polar surface area (TPSA) is 67.9 Å². The molecule has 0 spiro atoms. The lowest BCUT2D eigenvalue weighted by Crippen LogP contribution is -2.46. The fourth-order valence-electron chi connectivity index (χ4n) is 4.24. The van der Waals surface area contributed by atoms with E-state index < -0.39 is 6.04 Å². The van der Waals surface area contributed by atoms with Crippen LogP contribution in [0, 0.1) is 0 Å². The third kappa shape index (κ3) is 4.31. The third-order valence-electron chi connectivity index (χ3n) is 5.73. The minimum absolute atomic E-state index is 0.111. The van der Waals surface area contributed by atoms with Crippen LogP contribution in [0.2, 0.25) is 0 Å². The van der Waals surface area contributed by atoms with Crippen LogP contribution in [-0.2, 0) is 16.1 Å². The summed E-state index contributed by atoms with van der Waals surface area (Å²) in [6.45, 7) is 0.127. The molecule has 0 bridgehead atoms. The molecule has 1 atom stereocenters. The van der Waals surface area contributed by atoms with Gasteiger partial charge in [0.1, 0.15) is 17.5 Å². The Balaban J connectivity index is 1.72. The number of para-hydroxylation sites is 1. The van der Waals surface area contributed by atoms with Crippen LogP contribution in [0.15, 0.2) is 46.9 Å². The fraction of sp³-hybridized carbons (Fsp3) is 0.391. The monoisotopic (exact) mass is 472 g/mol. The van der Waals surface area contributed by atoms with E-state index in [9.17, 15) is 9.59 Å². The third-order valence-corrected chi connectivity index (χ3v) is 6.22. The number of fused-ring (bicyclic) bond motifs is 1. The molecular formula is C23H25BrN2O4. The van der Waals surface area contributed by atoms with E-state index in [-0.39, 0.29) is 31.0 Å². The maximum absolute atomic E-state index is 13.4. The first kappa shape index (κ1) is 20.7. The van der Waals surface area contributed by atoms with Gasteiger partial charge < -0.3 is 19.7 Å². The van der Waals surface area contributed by atoms with Crippen LogP contribution in [0.1, 0.15) is 42.9 Å². The van der Waals surface area contributed by atoms with Crippen molar-refractivity contribution in [3.63, 3.8) is 0 Å². The van der Waals surface area contributed by atoms with E-state index in [1.807, 2.05) is 42.5 Å². The summed E-state index contributed by atoms with van der Waals surface area (Å²) in [4.78, 5) is 28.1. The van der Waals surface area contributed by atoms with Gasteiger partial charge in [-0.3, -0.25) is 9.59 Å². The Bertz CT molecular complexity index is 943. The minimum Gasteiger partial charge on any atom is -0.496 e. The minimum atomic E-state index is -0.763. The quantitative estimate of drug-likeness (QED) is 0.714. The molecule has 2 aromatic rings. The first-order valence-corrected chi connectivity index (χ1v) is 11.0. The summed E-state index contributed by atoms with van der Waals surface area (Å²) in [5.41, 5.74) is 1.52. The Morgan fingerprint density at radius 3 is 2.77 bits per heavy atom. The van der Waals surface area contributed by atoms with Crippen molar-refractivity contribution in [3.8, 4) is 11.5 Å². The summed E-state index contributed by atoms with van der Waals surface area (Å²) in [6.07, 6.45) is 4.19. The predicted octanol–water partition coefficient (Wildman–Crippen LogP) is 3.98. The number of ether oxygens (including phenoxy) is 2. The molecule has 0 aromatic heterocycles. The van der Waals surface area contributed by atoms with E-state index in [4.69, 9.17) is 9.47 Å². The zero-order valence-corrected chi connectivity index (χ0v) is 18.5. The average Bonchev–Trinajstić information content (AvgIpc) is 3.20. The molecule has 30 heavy (non-hydrogen) atoms. The summed E-state index contributed by atoms with van der Waals surface area (Å²) in [7, 11) is 1.60. The van der Waals surface area contributed by atoms with Gasteiger partial charge in [-0.15, -0.1) is 0 Å². The lowest BCUT2D eigenvalue weighted by molar-refractivity contribution is -0.142. The van der Waals surface area contributed by atoms with E-state index in [0.29, 0.717) is 17.1 Å². The van der Waals surface area contributed by atoms with E-state index >= 15 is 0 Å². The Labute approximate surface area is 184 Å². The Morgan fingerprint density at radius 2 is 2.00 bits per heavy atom. The van der Waals surface area contributed by atoms with Crippen LogP contribution < -0.4 is 14.8 Å². The second kappa shape index (κ2) is 9.08. The maximum Gasteiger partial charge on any atom is 0.261 e. The molecule has 7 heteroatoms. The fourth-order valence-corrected chi connectivity index (χ4v) is 4.65. The van der Waals surface area contributed by atoms with Gasteiger partial charge in [0, 0.05) is 21.6 Å². The van der Waals surface area contributed by atoms with Gasteiger partial charge in [0.2, 0.25) is 5.91 Å². The normalized spacial score (nSPS) is 19.1. The number of halogens is 1. The van der Waals surface area contributed by atoms with Gasteiger partial charge in [0.05, 0.1) is 13.7 Å². The van der Waals surface area contributed by atoms with Crippen LogP contribution in [0.25, 0.3) is 0 Å². The molecule has 158 valence electrons. The smallest absolute Gasteiger partial charge is 0.261 e. The van der Waals surface area contributed by atoms with Crippen LogP contribution in [0.3, 0.4) is 0 Å². The Kier molecular flexibility index (Phi) is 6.27. The molecule has 1 unspecified atom stereocenters. The molecule has 0 saturated heterocycles.